The summed E-state index contributed by atoms with van der Waals surface area (Å²) in [6.07, 6.45) is 7.35. The summed E-state index contributed by atoms with van der Waals surface area (Å²) in [6.45, 7) is 2.09. The summed E-state index contributed by atoms with van der Waals surface area (Å²) in [5.74, 6) is 0. The Morgan fingerprint density at radius 2 is 1.68 bits per heavy atom. The molecule has 3 heterocycles. The SMILES string of the molecule is Cc1ccc(-c2cncc(-c3ccnc4[nH]ncc34)c2)cc1. The summed E-state index contributed by atoms with van der Waals surface area (Å²) in [6, 6.07) is 12.6. The van der Waals surface area contributed by atoms with Crippen LogP contribution in [0.2, 0.25) is 0 Å². The molecular weight excluding hydrogens is 272 g/mol. The van der Waals surface area contributed by atoms with Gasteiger partial charge in [-0.3, -0.25) is 10.1 Å². The lowest BCUT2D eigenvalue weighted by Crippen LogP contribution is -1.86. The van der Waals surface area contributed by atoms with Crippen molar-refractivity contribution in [1.82, 2.24) is 20.2 Å². The van der Waals surface area contributed by atoms with Crippen LogP contribution in [-0.4, -0.2) is 20.2 Å². The molecule has 0 bridgehead atoms. The summed E-state index contributed by atoms with van der Waals surface area (Å²) < 4.78 is 0. The van der Waals surface area contributed by atoms with Crippen LogP contribution in [0.4, 0.5) is 0 Å². The van der Waals surface area contributed by atoms with E-state index in [-0.39, 0.29) is 0 Å². The van der Waals surface area contributed by atoms with E-state index in [1.807, 2.05) is 18.5 Å². The van der Waals surface area contributed by atoms with Crippen LogP contribution in [0.5, 0.6) is 0 Å². The first-order valence-corrected chi connectivity index (χ1v) is 7.12. The molecule has 0 atom stereocenters. The predicted molar refractivity (Wildman–Crippen MR) is 87.3 cm³/mol. The van der Waals surface area contributed by atoms with Gasteiger partial charge in [0.05, 0.1) is 6.20 Å². The molecule has 0 unspecified atom stereocenters. The van der Waals surface area contributed by atoms with Crippen LogP contribution in [0.25, 0.3) is 33.3 Å². The van der Waals surface area contributed by atoms with Crippen molar-refractivity contribution in [1.29, 1.82) is 0 Å². The molecular formula is C18H14N4. The number of nitrogens with one attached hydrogen (secondary N) is 1. The maximum Gasteiger partial charge on any atom is 0.155 e. The quantitative estimate of drug-likeness (QED) is 0.606. The molecule has 4 nitrogen and oxygen atoms in total. The highest BCUT2D eigenvalue weighted by molar-refractivity contribution is 5.92. The van der Waals surface area contributed by atoms with E-state index in [9.17, 15) is 0 Å². The van der Waals surface area contributed by atoms with Gasteiger partial charge in [-0.15, -0.1) is 0 Å². The third-order valence-electron chi connectivity index (χ3n) is 3.79. The fourth-order valence-electron chi connectivity index (χ4n) is 2.59. The molecule has 0 saturated carbocycles. The molecule has 1 N–H and O–H groups in total. The minimum Gasteiger partial charge on any atom is -0.263 e. The third-order valence-corrected chi connectivity index (χ3v) is 3.79. The number of H-pyrrole nitrogens is 1. The maximum atomic E-state index is 4.40. The molecule has 0 aliphatic carbocycles. The van der Waals surface area contributed by atoms with E-state index in [4.69, 9.17) is 0 Å². The number of aromatic amines is 1. The van der Waals surface area contributed by atoms with Crippen molar-refractivity contribution < 1.29 is 0 Å². The Labute approximate surface area is 127 Å². The van der Waals surface area contributed by atoms with Crippen LogP contribution in [-0.2, 0) is 0 Å². The molecule has 4 rings (SSSR count). The van der Waals surface area contributed by atoms with Crippen LogP contribution >= 0.6 is 0 Å². The van der Waals surface area contributed by atoms with Gasteiger partial charge in [-0.25, -0.2) is 4.98 Å². The largest absolute Gasteiger partial charge is 0.263 e. The molecule has 4 heteroatoms. The first-order valence-electron chi connectivity index (χ1n) is 7.12. The van der Waals surface area contributed by atoms with Gasteiger partial charge >= 0.3 is 0 Å². The summed E-state index contributed by atoms with van der Waals surface area (Å²) in [5, 5.41) is 7.98. The van der Waals surface area contributed by atoms with E-state index < -0.39 is 0 Å². The molecule has 0 saturated heterocycles. The zero-order valence-electron chi connectivity index (χ0n) is 12.1. The van der Waals surface area contributed by atoms with E-state index in [2.05, 4.69) is 57.4 Å². The predicted octanol–water partition coefficient (Wildman–Crippen LogP) is 4.00. The second-order valence-corrected chi connectivity index (χ2v) is 5.32. The normalized spacial score (nSPS) is 11.0. The Balaban J connectivity index is 1.85. The topological polar surface area (TPSA) is 54.5 Å². The lowest BCUT2D eigenvalue weighted by Gasteiger charge is -2.06. The van der Waals surface area contributed by atoms with Gasteiger partial charge < -0.3 is 0 Å². The van der Waals surface area contributed by atoms with Gasteiger partial charge in [-0.1, -0.05) is 29.8 Å². The van der Waals surface area contributed by atoms with E-state index in [1.54, 1.807) is 12.4 Å². The number of hydrogen-bond acceptors (Lipinski definition) is 3. The number of pyridine rings is 2. The second kappa shape index (κ2) is 5.07. The standard InChI is InChI=1S/C18H14N4/c1-12-2-4-13(5-3-12)14-8-15(10-19-9-14)16-6-7-20-18-17(16)11-21-22-18/h2-11H,1H3,(H,20,21,22). The minimum absolute atomic E-state index is 0.790. The monoisotopic (exact) mass is 286 g/mol. The fraction of sp³-hybridized carbons (Fsp3) is 0.0556. The number of benzene rings is 1. The summed E-state index contributed by atoms with van der Waals surface area (Å²) >= 11 is 0. The lowest BCUT2D eigenvalue weighted by molar-refractivity contribution is 1.10. The number of aryl methyl sites for hydroxylation is 1. The number of fused-ring (bicyclic) bond motifs is 1. The molecule has 22 heavy (non-hydrogen) atoms. The van der Waals surface area contributed by atoms with Crippen LogP contribution < -0.4 is 0 Å². The number of aromatic nitrogens is 4. The molecule has 4 aromatic rings. The second-order valence-electron chi connectivity index (χ2n) is 5.32. The highest BCUT2D eigenvalue weighted by atomic mass is 15.1. The zero-order valence-corrected chi connectivity index (χ0v) is 12.1. The first-order chi connectivity index (χ1) is 10.8. The van der Waals surface area contributed by atoms with Gasteiger partial charge in [0.15, 0.2) is 5.65 Å². The molecule has 0 fully saturated rings. The van der Waals surface area contributed by atoms with Crippen molar-refractivity contribution >= 4 is 11.0 Å². The van der Waals surface area contributed by atoms with Gasteiger partial charge in [0, 0.05) is 35.1 Å². The molecule has 0 amide bonds. The van der Waals surface area contributed by atoms with Crippen molar-refractivity contribution in [3.8, 4) is 22.3 Å². The van der Waals surface area contributed by atoms with Crippen LogP contribution in [0.1, 0.15) is 5.56 Å². The van der Waals surface area contributed by atoms with E-state index in [0.29, 0.717) is 0 Å². The average Bonchev–Trinajstić information content (AvgIpc) is 3.04. The van der Waals surface area contributed by atoms with Crippen molar-refractivity contribution in [2.75, 3.05) is 0 Å². The smallest absolute Gasteiger partial charge is 0.155 e. The summed E-state index contributed by atoms with van der Waals surface area (Å²) in [4.78, 5) is 8.68. The van der Waals surface area contributed by atoms with Gasteiger partial charge in [0.25, 0.3) is 0 Å². The van der Waals surface area contributed by atoms with Gasteiger partial charge in [-0.05, 0) is 30.2 Å². The number of nitrogens with zero attached hydrogens (tertiary/aromatic N) is 3. The van der Waals surface area contributed by atoms with Crippen molar-refractivity contribution in [2.24, 2.45) is 0 Å². The van der Waals surface area contributed by atoms with Crippen molar-refractivity contribution in [3.63, 3.8) is 0 Å². The molecule has 0 radical (unpaired) electrons. The third kappa shape index (κ3) is 2.15. The Hall–Kier alpha value is -3.01. The Morgan fingerprint density at radius 1 is 0.864 bits per heavy atom. The highest BCUT2D eigenvalue weighted by Gasteiger charge is 2.08. The van der Waals surface area contributed by atoms with Crippen LogP contribution in [0, 0.1) is 6.92 Å². The zero-order chi connectivity index (χ0) is 14.9. The first kappa shape index (κ1) is 12.7. The van der Waals surface area contributed by atoms with E-state index >= 15 is 0 Å². The van der Waals surface area contributed by atoms with Crippen LogP contribution in [0.3, 0.4) is 0 Å². The Kier molecular flexibility index (Phi) is 2.93. The Bertz CT molecular complexity index is 939. The highest BCUT2D eigenvalue weighted by Crippen LogP contribution is 2.29. The van der Waals surface area contributed by atoms with Crippen molar-refractivity contribution in [3.05, 3.63) is 66.7 Å². The summed E-state index contributed by atoms with van der Waals surface area (Å²) in [7, 11) is 0. The van der Waals surface area contributed by atoms with Crippen molar-refractivity contribution in [2.45, 2.75) is 6.92 Å². The molecule has 3 aromatic heterocycles. The Morgan fingerprint density at radius 3 is 2.55 bits per heavy atom. The number of rotatable bonds is 2. The van der Waals surface area contributed by atoms with E-state index in [1.165, 1.54) is 5.56 Å². The van der Waals surface area contributed by atoms with Gasteiger partial charge in [0.1, 0.15) is 0 Å². The minimum atomic E-state index is 0.790. The number of hydrogen-bond donors (Lipinski definition) is 1. The maximum absolute atomic E-state index is 4.40. The fourth-order valence-corrected chi connectivity index (χ4v) is 2.59. The van der Waals surface area contributed by atoms with E-state index in [0.717, 1.165) is 33.3 Å². The average molecular weight is 286 g/mol. The van der Waals surface area contributed by atoms with Gasteiger partial charge in [0.2, 0.25) is 0 Å². The molecule has 0 aliphatic heterocycles. The molecule has 106 valence electrons. The summed E-state index contributed by atoms with van der Waals surface area (Å²) in [5.41, 5.74) is 6.45. The lowest BCUT2D eigenvalue weighted by atomic mass is 10.0. The van der Waals surface area contributed by atoms with Crippen LogP contribution in [0.15, 0.2) is 61.2 Å². The molecule has 1 aromatic carbocycles. The molecule has 0 spiro atoms. The molecule has 0 aliphatic rings. The van der Waals surface area contributed by atoms with Gasteiger partial charge in [-0.2, -0.15) is 5.10 Å².